The Morgan fingerprint density at radius 3 is 2.37 bits per heavy atom. The van der Waals surface area contributed by atoms with Crippen LogP contribution in [0.1, 0.15) is 19.8 Å². The summed E-state index contributed by atoms with van der Waals surface area (Å²) >= 11 is 0. The zero-order valence-electron chi connectivity index (χ0n) is 12.0. The number of methoxy groups -OCH3 is 1. The van der Waals surface area contributed by atoms with E-state index in [-0.39, 0.29) is 13.2 Å². The van der Waals surface area contributed by atoms with Crippen LogP contribution in [0.25, 0.3) is 0 Å². The van der Waals surface area contributed by atoms with Crippen LogP contribution >= 0.6 is 0 Å². The average Bonchev–Trinajstić information content (AvgIpc) is 2.42. The maximum absolute atomic E-state index is 9.76. The highest BCUT2D eigenvalue weighted by atomic mass is 16.6. The number of aliphatic hydroxyl groups excluding tert-OH is 2. The quantitative estimate of drug-likeness (QED) is 0.443. The molecule has 6 nitrogen and oxygen atoms in total. The lowest BCUT2D eigenvalue weighted by molar-refractivity contribution is -0.102. The van der Waals surface area contributed by atoms with Gasteiger partial charge in [0.15, 0.2) is 0 Å². The van der Waals surface area contributed by atoms with Gasteiger partial charge in [0.25, 0.3) is 0 Å². The lowest BCUT2D eigenvalue weighted by Crippen LogP contribution is -2.37. The summed E-state index contributed by atoms with van der Waals surface area (Å²) in [5.41, 5.74) is 0. The van der Waals surface area contributed by atoms with Crippen LogP contribution in [0.15, 0.2) is 0 Å². The second-order valence-electron chi connectivity index (χ2n) is 4.19. The Labute approximate surface area is 115 Å². The van der Waals surface area contributed by atoms with Crippen molar-refractivity contribution in [2.24, 2.45) is 0 Å². The Hall–Kier alpha value is -0.240. The molecule has 6 heteroatoms. The molecule has 0 heterocycles. The Morgan fingerprint density at radius 2 is 1.74 bits per heavy atom. The van der Waals surface area contributed by atoms with Crippen LogP contribution in [0, 0.1) is 0 Å². The van der Waals surface area contributed by atoms with E-state index in [0.29, 0.717) is 33.0 Å². The van der Waals surface area contributed by atoms with Crippen LogP contribution in [0.3, 0.4) is 0 Å². The predicted molar refractivity (Wildman–Crippen MR) is 71.3 cm³/mol. The number of unbranched alkanes of at least 4 members (excludes halogenated alkanes) is 1. The molecule has 0 spiro atoms. The standard InChI is InChI=1S/C13H28O6/c1-3-4-5-17-8-9-19-13(10-14)12(15)11-18-7-6-16-2/h12-15H,3-11H2,1-2H3. The molecule has 0 aromatic carbocycles. The first-order chi connectivity index (χ1) is 9.26. The molecule has 0 aromatic rings. The van der Waals surface area contributed by atoms with E-state index in [1.807, 2.05) is 0 Å². The fraction of sp³-hybridized carbons (Fsp3) is 1.00. The number of aliphatic hydroxyl groups is 2. The largest absolute Gasteiger partial charge is 0.394 e. The summed E-state index contributed by atoms with van der Waals surface area (Å²) in [6.45, 7) is 4.38. The zero-order valence-corrected chi connectivity index (χ0v) is 12.0. The first-order valence-electron chi connectivity index (χ1n) is 6.81. The van der Waals surface area contributed by atoms with Gasteiger partial charge in [-0.3, -0.25) is 0 Å². The lowest BCUT2D eigenvalue weighted by Gasteiger charge is -2.21. The van der Waals surface area contributed by atoms with Gasteiger partial charge in [0.2, 0.25) is 0 Å². The normalized spacial score (nSPS) is 14.5. The molecule has 2 atom stereocenters. The molecule has 2 unspecified atom stereocenters. The number of ether oxygens (including phenoxy) is 4. The second-order valence-corrected chi connectivity index (χ2v) is 4.19. The van der Waals surface area contributed by atoms with Crippen LogP contribution in [0.2, 0.25) is 0 Å². The molecule has 0 rings (SSSR count). The average molecular weight is 280 g/mol. The molecule has 0 aliphatic carbocycles. The predicted octanol–water partition coefficient (Wildman–Crippen LogP) is 0.204. The third-order valence-corrected chi connectivity index (χ3v) is 2.53. The van der Waals surface area contributed by atoms with Gasteiger partial charge in [0.05, 0.1) is 39.6 Å². The van der Waals surface area contributed by atoms with Crippen molar-refractivity contribution in [2.45, 2.75) is 32.0 Å². The zero-order chi connectivity index (χ0) is 14.3. The highest BCUT2D eigenvalue weighted by Crippen LogP contribution is 2.00. The molecule has 0 aliphatic heterocycles. The lowest BCUT2D eigenvalue weighted by atomic mass is 10.2. The summed E-state index contributed by atoms with van der Waals surface area (Å²) < 4.78 is 20.7. The summed E-state index contributed by atoms with van der Waals surface area (Å²) in [5, 5.41) is 18.9. The van der Waals surface area contributed by atoms with Gasteiger partial charge in [0, 0.05) is 13.7 Å². The minimum Gasteiger partial charge on any atom is -0.394 e. The van der Waals surface area contributed by atoms with E-state index >= 15 is 0 Å². The summed E-state index contributed by atoms with van der Waals surface area (Å²) in [4.78, 5) is 0. The van der Waals surface area contributed by atoms with Gasteiger partial charge in [0.1, 0.15) is 12.2 Å². The van der Waals surface area contributed by atoms with Crippen LogP contribution in [0.5, 0.6) is 0 Å². The van der Waals surface area contributed by atoms with Gasteiger partial charge in [-0.25, -0.2) is 0 Å². The topological polar surface area (TPSA) is 77.4 Å². The van der Waals surface area contributed by atoms with Crippen molar-refractivity contribution in [2.75, 3.05) is 53.4 Å². The van der Waals surface area contributed by atoms with E-state index in [2.05, 4.69) is 6.92 Å². The molecule has 0 bridgehead atoms. The first kappa shape index (κ1) is 18.8. The maximum Gasteiger partial charge on any atom is 0.109 e. The minimum absolute atomic E-state index is 0.116. The van der Waals surface area contributed by atoms with Crippen molar-refractivity contribution in [1.82, 2.24) is 0 Å². The van der Waals surface area contributed by atoms with E-state index in [9.17, 15) is 5.11 Å². The summed E-state index contributed by atoms with van der Waals surface area (Å²) in [5.74, 6) is 0. The fourth-order valence-corrected chi connectivity index (χ4v) is 1.35. The monoisotopic (exact) mass is 280 g/mol. The maximum atomic E-state index is 9.76. The molecule has 2 N–H and O–H groups in total. The van der Waals surface area contributed by atoms with E-state index in [1.54, 1.807) is 7.11 Å². The van der Waals surface area contributed by atoms with Crippen molar-refractivity contribution >= 4 is 0 Å². The van der Waals surface area contributed by atoms with Gasteiger partial charge in [-0.05, 0) is 6.42 Å². The fourth-order valence-electron chi connectivity index (χ4n) is 1.35. The van der Waals surface area contributed by atoms with Crippen molar-refractivity contribution in [3.63, 3.8) is 0 Å². The smallest absolute Gasteiger partial charge is 0.109 e. The van der Waals surface area contributed by atoms with Crippen molar-refractivity contribution in [3.05, 3.63) is 0 Å². The molecule has 0 amide bonds. The SMILES string of the molecule is CCCCOCCOC(CO)C(O)COCCOC. The van der Waals surface area contributed by atoms with Crippen LogP contribution in [-0.2, 0) is 18.9 Å². The van der Waals surface area contributed by atoms with Crippen molar-refractivity contribution in [3.8, 4) is 0 Å². The third kappa shape index (κ3) is 11.3. The van der Waals surface area contributed by atoms with E-state index in [4.69, 9.17) is 24.1 Å². The first-order valence-corrected chi connectivity index (χ1v) is 6.81. The van der Waals surface area contributed by atoms with Crippen molar-refractivity contribution in [1.29, 1.82) is 0 Å². The molecule has 0 saturated carbocycles. The molecule has 0 radical (unpaired) electrons. The van der Waals surface area contributed by atoms with E-state index in [0.717, 1.165) is 12.8 Å². The Morgan fingerprint density at radius 1 is 1.00 bits per heavy atom. The van der Waals surface area contributed by atoms with Gasteiger partial charge in [-0.15, -0.1) is 0 Å². The van der Waals surface area contributed by atoms with Gasteiger partial charge < -0.3 is 29.2 Å². The molecule has 0 aliphatic rings. The Bertz CT molecular complexity index is 179. The molecule has 0 fully saturated rings. The minimum atomic E-state index is -0.850. The van der Waals surface area contributed by atoms with E-state index in [1.165, 1.54) is 0 Å². The molecule has 0 saturated heterocycles. The summed E-state index contributed by atoms with van der Waals surface area (Å²) in [6, 6.07) is 0. The third-order valence-electron chi connectivity index (χ3n) is 2.53. The number of rotatable bonds is 14. The van der Waals surface area contributed by atoms with Gasteiger partial charge >= 0.3 is 0 Å². The van der Waals surface area contributed by atoms with Crippen LogP contribution < -0.4 is 0 Å². The highest BCUT2D eigenvalue weighted by molar-refractivity contribution is 4.67. The van der Waals surface area contributed by atoms with E-state index < -0.39 is 12.2 Å². The summed E-state index contributed by atoms with van der Waals surface area (Å²) in [7, 11) is 1.58. The van der Waals surface area contributed by atoms with Crippen molar-refractivity contribution < 1.29 is 29.2 Å². The van der Waals surface area contributed by atoms with Gasteiger partial charge in [-0.2, -0.15) is 0 Å². The number of hydrogen-bond acceptors (Lipinski definition) is 6. The highest BCUT2D eigenvalue weighted by Gasteiger charge is 2.19. The molecular formula is C13H28O6. The molecule has 0 aromatic heterocycles. The van der Waals surface area contributed by atoms with Gasteiger partial charge in [-0.1, -0.05) is 13.3 Å². The Balaban J connectivity index is 3.56. The Kier molecular flexibility index (Phi) is 14.0. The number of hydrogen-bond donors (Lipinski definition) is 2. The summed E-state index contributed by atoms with van der Waals surface area (Å²) in [6.07, 6.45) is 0.631. The molecule has 116 valence electrons. The molecular weight excluding hydrogens is 252 g/mol. The van der Waals surface area contributed by atoms with Crippen LogP contribution in [-0.4, -0.2) is 75.8 Å². The second kappa shape index (κ2) is 14.2. The van der Waals surface area contributed by atoms with Crippen LogP contribution in [0.4, 0.5) is 0 Å². The molecule has 19 heavy (non-hydrogen) atoms.